The van der Waals surface area contributed by atoms with Crippen LogP contribution in [0, 0.1) is 6.92 Å². The lowest BCUT2D eigenvalue weighted by atomic mass is 10.2. The molecule has 0 unspecified atom stereocenters. The molecule has 0 aliphatic heterocycles. The Balaban J connectivity index is 2.95. The first kappa shape index (κ1) is 11.8. The van der Waals surface area contributed by atoms with E-state index in [1.54, 1.807) is 16.7 Å². The molecule has 0 aromatic carbocycles. The molecule has 0 atom stereocenters. The molecule has 17 heavy (non-hydrogen) atoms. The quantitative estimate of drug-likeness (QED) is 0.767. The maximum Gasteiger partial charge on any atom is 0.257 e. The summed E-state index contributed by atoms with van der Waals surface area (Å²) in [6, 6.07) is 3.42. The molecule has 2 heterocycles. The number of aryl methyl sites for hydroxylation is 2. The van der Waals surface area contributed by atoms with Gasteiger partial charge in [0, 0.05) is 18.4 Å². The summed E-state index contributed by atoms with van der Waals surface area (Å²) in [6.45, 7) is 4.38. The summed E-state index contributed by atoms with van der Waals surface area (Å²) in [7, 11) is 0. The lowest BCUT2D eigenvalue weighted by Crippen LogP contribution is -2.17. The summed E-state index contributed by atoms with van der Waals surface area (Å²) in [4.78, 5) is 27.5. The van der Waals surface area contributed by atoms with Crippen molar-refractivity contribution < 1.29 is 4.79 Å². The van der Waals surface area contributed by atoms with E-state index in [4.69, 9.17) is 11.6 Å². The van der Waals surface area contributed by atoms with Gasteiger partial charge in [0.15, 0.2) is 0 Å². The van der Waals surface area contributed by atoms with Gasteiger partial charge in [-0.05, 0) is 37.6 Å². The summed E-state index contributed by atoms with van der Waals surface area (Å²) >= 11 is 5.40. The lowest BCUT2D eigenvalue weighted by molar-refractivity contribution is 0.108. The van der Waals surface area contributed by atoms with E-state index >= 15 is 0 Å². The second kappa shape index (κ2) is 4.30. The minimum absolute atomic E-state index is 0.00771. The maximum atomic E-state index is 12.0. The predicted octanol–water partition coefficient (Wildman–Crippen LogP) is 2.10. The van der Waals surface area contributed by atoms with Gasteiger partial charge in [-0.25, -0.2) is 4.98 Å². The molecule has 88 valence electrons. The van der Waals surface area contributed by atoms with Crippen LogP contribution in [0.2, 0.25) is 0 Å². The van der Waals surface area contributed by atoms with E-state index in [-0.39, 0.29) is 11.0 Å². The van der Waals surface area contributed by atoms with Gasteiger partial charge in [-0.1, -0.05) is 0 Å². The standard InChI is InChI=1S/C12H11ClN2O2/c1-3-15-6-9(11(13)17)10(16)8-5-4-7(2)14-12(8)15/h4-6H,3H2,1-2H3. The zero-order chi connectivity index (χ0) is 12.6. The molecule has 0 aliphatic rings. The fraction of sp³-hybridized carbons (Fsp3) is 0.250. The molecule has 0 N–H and O–H groups in total. The van der Waals surface area contributed by atoms with Crippen LogP contribution in [-0.4, -0.2) is 14.8 Å². The zero-order valence-electron chi connectivity index (χ0n) is 9.53. The predicted molar refractivity (Wildman–Crippen MR) is 66.6 cm³/mol. The van der Waals surface area contributed by atoms with E-state index < -0.39 is 5.24 Å². The van der Waals surface area contributed by atoms with Gasteiger partial charge in [0.1, 0.15) is 5.65 Å². The molecule has 0 radical (unpaired) electrons. The smallest absolute Gasteiger partial charge is 0.257 e. The maximum absolute atomic E-state index is 12.0. The van der Waals surface area contributed by atoms with Gasteiger partial charge < -0.3 is 4.57 Å². The average molecular weight is 251 g/mol. The molecule has 2 aromatic rings. The van der Waals surface area contributed by atoms with Gasteiger partial charge in [0.2, 0.25) is 5.43 Å². The first-order valence-corrected chi connectivity index (χ1v) is 5.63. The number of hydrogen-bond donors (Lipinski definition) is 0. The van der Waals surface area contributed by atoms with Gasteiger partial charge in [-0.15, -0.1) is 0 Å². The number of nitrogens with zero attached hydrogens (tertiary/aromatic N) is 2. The number of fused-ring (bicyclic) bond motifs is 1. The van der Waals surface area contributed by atoms with Gasteiger partial charge in [0.25, 0.3) is 5.24 Å². The van der Waals surface area contributed by atoms with Gasteiger partial charge in [-0.2, -0.15) is 0 Å². The molecule has 5 heteroatoms. The molecule has 0 fully saturated rings. The van der Waals surface area contributed by atoms with Crippen molar-refractivity contribution in [3.05, 3.63) is 39.8 Å². The highest BCUT2D eigenvalue weighted by atomic mass is 35.5. The minimum atomic E-state index is -0.736. The Kier molecular flexibility index (Phi) is 2.98. The normalized spacial score (nSPS) is 10.8. The van der Waals surface area contributed by atoms with E-state index in [9.17, 15) is 9.59 Å². The van der Waals surface area contributed by atoms with Crippen molar-refractivity contribution in [1.29, 1.82) is 0 Å². The van der Waals surface area contributed by atoms with Crippen molar-refractivity contribution in [2.24, 2.45) is 0 Å². The monoisotopic (exact) mass is 250 g/mol. The van der Waals surface area contributed by atoms with Crippen LogP contribution in [0.1, 0.15) is 23.0 Å². The first-order valence-electron chi connectivity index (χ1n) is 5.25. The molecule has 2 rings (SSSR count). The third-order valence-electron chi connectivity index (χ3n) is 2.61. The Morgan fingerprint density at radius 2 is 2.18 bits per heavy atom. The van der Waals surface area contributed by atoms with Crippen LogP contribution < -0.4 is 5.43 Å². The number of rotatable bonds is 2. The van der Waals surface area contributed by atoms with Crippen molar-refractivity contribution >= 4 is 27.9 Å². The van der Waals surface area contributed by atoms with E-state index in [2.05, 4.69) is 4.98 Å². The molecule has 0 saturated carbocycles. The molecule has 0 amide bonds. The lowest BCUT2D eigenvalue weighted by Gasteiger charge is -2.09. The summed E-state index contributed by atoms with van der Waals surface area (Å²) < 4.78 is 1.75. The van der Waals surface area contributed by atoms with Gasteiger partial charge in [-0.3, -0.25) is 9.59 Å². The van der Waals surface area contributed by atoms with Crippen molar-refractivity contribution in [3.8, 4) is 0 Å². The van der Waals surface area contributed by atoms with E-state index in [1.165, 1.54) is 6.20 Å². The number of carbonyl (C=O) groups is 1. The molecule has 0 bridgehead atoms. The number of halogens is 1. The largest absolute Gasteiger partial charge is 0.332 e. The fourth-order valence-corrected chi connectivity index (χ4v) is 1.88. The Bertz CT molecular complexity index is 661. The van der Waals surface area contributed by atoms with Gasteiger partial charge >= 0.3 is 0 Å². The molecular weight excluding hydrogens is 240 g/mol. The Labute approximate surface area is 103 Å². The molecule has 0 spiro atoms. The third kappa shape index (κ3) is 1.96. The number of hydrogen-bond acceptors (Lipinski definition) is 3. The minimum Gasteiger partial charge on any atom is -0.332 e. The first-order chi connectivity index (χ1) is 8.04. The van der Waals surface area contributed by atoms with E-state index in [0.29, 0.717) is 17.6 Å². The summed E-state index contributed by atoms with van der Waals surface area (Å²) in [6.07, 6.45) is 1.46. The van der Waals surface area contributed by atoms with Crippen LogP contribution >= 0.6 is 11.6 Å². The molecular formula is C12H11ClN2O2. The van der Waals surface area contributed by atoms with Crippen LogP contribution in [0.5, 0.6) is 0 Å². The highest BCUT2D eigenvalue weighted by Gasteiger charge is 2.13. The summed E-state index contributed by atoms with van der Waals surface area (Å²) in [5.41, 5.74) is 1.03. The Morgan fingerprint density at radius 3 is 2.76 bits per heavy atom. The molecule has 0 aliphatic carbocycles. The van der Waals surface area contributed by atoms with Crippen LogP contribution in [0.25, 0.3) is 11.0 Å². The molecule has 0 saturated heterocycles. The van der Waals surface area contributed by atoms with Crippen LogP contribution in [0.15, 0.2) is 23.1 Å². The average Bonchev–Trinajstić information content (AvgIpc) is 2.29. The zero-order valence-corrected chi connectivity index (χ0v) is 10.3. The van der Waals surface area contributed by atoms with Crippen LogP contribution in [0.3, 0.4) is 0 Å². The van der Waals surface area contributed by atoms with Crippen LogP contribution in [-0.2, 0) is 6.54 Å². The number of pyridine rings is 2. The highest BCUT2D eigenvalue weighted by Crippen LogP contribution is 2.11. The number of aromatic nitrogens is 2. The van der Waals surface area contributed by atoms with Crippen molar-refractivity contribution in [2.45, 2.75) is 20.4 Å². The summed E-state index contributed by atoms with van der Waals surface area (Å²) in [5, 5.41) is -0.316. The second-order valence-corrected chi connectivity index (χ2v) is 4.10. The number of carbonyl (C=O) groups excluding carboxylic acids is 1. The van der Waals surface area contributed by atoms with E-state index in [0.717, 1.165) is 5.69 Å². The molecule has 4 nitrogen and oxygen atoms in total. The second-order valence-electron chi connectivity index (χ2n) is 3.76. The van der Waals surface area contributed by atoms with Crippen molar-refractivity contribution in [3.63, 3.8) is 0 Å². The Morgan fingerprint density at radius 1 is 1.47 bits per heavy atom. The van der Waals surface area contributed by atoms with Crippen molar-refractivity contribution in [2.75, 3.05) is 0 Å². The third-order valence-corrected chi connectivity index (χ3v) is 2.82. The van der Waals surface area contributed by atoms with Crippen LogP contribution in [0.4, 0.5) is 0 Å². The SMILES string of the molecule is CCn1cc(C(=O)Cl)c(=O)c2ccc(C)nc21. The summed E-state index contributed by atoms with van der Waals surface area (Å²) in [5.74, 6) is 0. The van der Waals surface area contributed by atoms with Gasteiger partial charge in [0.05, 0.1) is 10.9 Å². The Hall–Kier alpha value is -1.68. The van der Waals surface area contributed by atoms with E-state index in [1.807, 2.05) is 13.8 Å². The highest BCUT2D eigenvalue weighted by molar-refractivity contribution is 6.67. The molecule has 2 aromatic heterocycles. The van der Waals surface area contributed by atoms with Crippen molar-refractivity contribution in [1.82, 2.24) is 9.55 Å². The topological polar surface area (TPSA) is 52.0 Å². The fourth-order valence-electron chi connectivity index (χ4n) is 1.74.